The van der Waals surface area contributed by atoms with Crippen LogP contribution in [-0.2, 0) is 11.3 Å². The van der Waals surface area contributed by atoms with Gasteiger partial charge in [-0.05, 0) is 19.1 Å². The first-order valence-electron chi connectivity index (χ1n) is 6.62. The molecule has 5 N–H and O–H groups in total. The first-order valence-corrected chi connectivity index (χ1v) is 7.50. The zero-order chi connectivity index (χ0) is 15.1. The normalized spacial score (nSPS) is 10.8. The van der Waals surface area contributed by atoms with Gasteiger partial charge in [-0.2, -0.15) is 0 Å². The molecule has 0 aliphatic carbocycles. The van der Waals surface area contributed by atoms with E-state index in [4.69, 9.17) is 20.6 Å². The largest absolute Gasteiger partial charge is 0.458 e. The van der Waals surface area contributed by atoms with Crippen molar-refractivity contribution in [1.29, 1.82) is 0 Å². The first-order chi connectivity index (χ1) is 10.2. The molecule has 0 bridgehead atoms. The predicted molar refractivity (Wildman–Crippen MR) is 98.8 cm³/mol. The van der Waals surface area contributed by atoms with Crippen molar-refractivity contribution >= 4 is 47.2 Å². The van der Waals surface area contributed by atoms with E-state index in [0.29, 0.717) is 43.2 Å². The summed E-state index contributed by atoms with van der Waals surface area (Å²) in [7, 11) is 0. The Kier molecular flexibility index (Phi) is 10.6. The van der Waals surface area contributed by atoms with Crippen molar-refractivity contribution in [3.63, 3.8) is 0 Å². The number of ether oxygens (including phenoxy) is 1. The maximum atomic E-state index is 5.77. The molecule has 0 amide bonds. The molecule has 0 unspecified atom stereocenters. The molecular weight excluding hydrogens is 361 g/mol. The van der Waals surface area contributed by atoms with Crippen LogP contribution in [0.4, 0.5) is 5.13 Å². The number of halogens is 2. The second-order valence-electron chi connectivity index (χ2n) is 4.10. The highest BCUT2D eigenvalue weighted by Crippen LogP contribution is 2.26. The van der Waals surface area contributed by atoms with Crippen LogP contribution in [0.1, 0.15) is 12.7 Å². The number of nitrogens with zero attached hydrogens (tertiary/aromatic N) is 2. The monoisotopic (exact) mass is 381 g/mol. The fraction of sp³-hybridized carbons (Fsp3) is 0.385. The lowest BCUT2D eigenvalue weighted by atomic mass is 10.3. The quantitative estimate of drug-likeness (QED) is 0.385. The lowest BCUT2D eigenvalue weighted by Gasteiger charge is -2.01. The molecular formula is C13H21Cl2N5O2S. The van der Waals surface area contributed by atoms with Crippen molar-refractivity contribution in [3.8, 4) is 11.5 Å². The van der Waals surface area contributed by atoms with Crippen LogP contribution in [0.5, 0.6) is 0 Å². The van der Waals surface area contributed by atoms with E-state index >= 15 is 0 Å². The van der Waals surface area contributed by atoms with Crippen molar-refractivity contribution in [2.45, 2.75) is 13.5 Å². The second kappa shape index (κ2) is 11.3. The van der Waals surface area contributed by atoms with Gasteiger partial charge in [0.05, 0.1) is 19.7 Å². The van der Waals surface area contributed by atoms with E-state index in [2.05, 4.69) is 15.3 Å². The highest BCUT2D eigenvalue weighted by molar-refractivity contribution is 7.14. The summed E-state index contributed by atoms with van der Waals surface area (Å²) in [6.07, 6.45) is 0. The van der Waals surface area contributed by atoms with Crippen LogP contribution in [0, 0.1) is 0 Å². The van der Waals surface area contributed by atoms with Crippen molar-refractivity contribution in [3.05, 3.63) is 23.3 Å². The molecule has 2 heterocycles. The number of guanidine groups is 1. The summed E-state index contributed by atoms with van der Waals surface area (Å²) in [5.74, 6) is 1.73. The molecule has 0 aromatic carbocycles. The van der Waals surface area contributed by atoms with E-state index in [1.165, 1.54) is 11.3 Å². The highest BCUT2D eigenvalue weighted by Gasteiger charge is 2.09. The second-order valence-corrected chi connectivity index (χ2v) is 4.95. The van der Waals surface area contributed by atoms with Crippen LogP contribution >= 0.6 is 36.2 Å². The smallest absolute Gasteiger partial charge is 0.195 e. The van der Waals surface area contributed by atoms with Gasteiger partial charge >= 0.3 is 0 Å². The number of rotatable bonds is 7. The summed E-state index contributed by atoms with van der Waals surface area (Å²) in [6.45, 7) is 4.05. The van der Waals surface area contributed by atoms with Gasteiger partial charge < -0.3 is 25.9 Å². The van der Waals surface area contributed by atoms with Gasteiger partial charge in [-0.1, -0.05) is 0 Å². The molecule has 0 fully saturated rings. The average molecular weight is 382 g/mol. The van der Waals surface area contributed by atoms with Crippen LogP contribution in [0.25, 0.3) is 11.5 Å². The molecule has 0 saturated carbocycles. The summed E-state index contributed by atoms with van der Waals surface area (Å²) < 4.78 is 10.7. The molecule has 0 aliphatic heterocycles. The van der Waals surface area contributed by atoms with Gasteiger partial charge in [0, 0.05) is 12.0 Å². The van der Waals surface area contributed by atoms with Gasteiger partial charge in [-0.15, -0.1) is 36.2 Å². The van der Waals surface area contributed by atoms with Gasteiger partial charge in [-0.3, -0.25) is 4.99 Å². The van der Waals surface area contributed by atoms with E-state index in [1.807, 2.05) is 24.4 Å². The zero-order valence-electron chi connectivity index (χ0n) is 12.7. The summed E-state index contributed by atoms with van der Waals surface area (Å²) in [6, 6.07) is 3.69. The Hall–Kier alpha value is -1.32. The maximum absolute atomic E-state index is 5.77. The molecule has 0 radical (unpaired) electrons. The number of nitrogens with two attached hydrogens (primary N) is 2. The Bertz CT molecular complexity index is 603. The number of anilines is 1. The molecule has 2 aromatic rings. The van der Waals surface area contributed by atoms with Crippen molar-refractivity contribution in [2.24, 2.45) is 16.5 Å². The summed E-state index contributed by atoms with van der Waals surface area (Å²) in [5.41, 5.74) is 12.0. The number of thiazole rings is 1. The Morgan fingerprint density at radius 2 is 2.22 bits per heavy atom. The molecule has 2 aromatic heterocycles. The Balaban J connectivity index is 0.00000242. The number of nitrogens with one attached hydrogen (secondary N) is 1. The lowest BCUT2D eigenvalue weighted by Crippen LogP contribution is -2.23. The van der Waals surface area contributed by atoms with Crippen LogP contribution in [0.2, 0.25) is 0 Å². The predicted octanol–water partition coefficient (Wildman–Crippen LogP) is 2.47. The molecule has 7 nitrogen and oxygen atoms in total. The molecule has 10 heteroatoms. The summed E-state index contributed by atoms with van der Waals surface area (Å²) >= 11 is 1.43. The van der Waals surface area contributed by atoms with E-state index in [9.17, 15) is 0 Å². The minimum atomic E-state index is 0. The Morgan fingerprint density at radius 1 is 1.43 bits per heavy atom. The number of furan rings is 1. The maximum Gasteiger partial charge on any atom is 0.195 e. The Morgan fingerprint density at radius 3 is 2.87 bits per heavy atom. The van der Waals surface area contributed by atoms with Crippen LogP contribution < -0.4 is 16.8 Å². The topological polar surface area (TPSA) is 112 Å². The van der Waals surface area contributed by atoms with E-state index in [1.54, 1.807) is 0 Å². The first kappa shape index (κ1) is 21.7. The van der Waals surface area contributed by atoms with Crippen LogP contribution in [0.15, 0.2) is 26.9 Å². The number of aromatic nitrogens is 1. The third-order valence-corrected chi connectivity index (χ3v) is 3.33. The zero-order valence-corrected chi connectivity index (χ0v) is 15.1. The minimum absolute atomic E-state index is 0. The van der Waals surface area contributed by atoms with Gasteiger partial charge in [0.1, 0.15) is 11.5 Å². The molecule has 0 saturated heterocycles. The molecule has 2 rings (SSSR count). The summed E-state index contributed by atoms with van der Waals surface area (Å²) in [5, 5.41) is 5.49. The van der Waals surface area contributed by atoms with Gasteiger partial charge in [-0.25, -0.2) is 4.98 Å². The van der Waals surface area contributed by atoms with Crippen molar-refractivity contribution in [2.75, 3.05) is 25.1 Å². The Labute approximate surface area is 151 Å². The van der Waals surface area contributed by atoms with Gasteiger partial charge in [0.25, 0.3) is 0 Å². The SMILES string of the molecule is CCOCCN=C(N)Nc1nc(-c2ccc(CN)o2)cs1.Cl.Cl. The molecule has 0 spiro atoms. The standard InChI is InChI=1S/C13H19N5O2S.2ClH/c1-2-19-6-5-16-12(15)18-13-17-10(8-21-13)11-4-3-9(7-14)20-11;;/h3-4,8H,2,5-7,14H2,1H3,(H3,15,16,17,18);2*1H. The molecule has 0 atom stereocenters. The fourth-order valence-corrected chi connectivity index (χ4v) is 2.30. The third kappa shape index (κ3) is 6.76. The highest BCUT2D eigenvalue weighted by atomic mass is 35.5. The van der Waals surface area contributed by atoms with E-state index < -0.39 is 0 Å². The molecule has 0 aliphatic rings. The molecule has 23 heavy (non-hydrogen) atoms. The fourth-order valence-electron chi connectivity index (χ4n) is 1.59. The van der Waals surface area contributed by atoms with Crippen LogP contribution in [0.3, 0.4) is 0 Å². The van der Waals surface area contributed by atoms with Gasteiger partial charge in [0.2, 0.25) is 0 Å². The molecule has 130 valence electrons. The van der Waals surface area contributed by atoms with Crippen molar-refractivity contribution in [1.82, 2.24) is 4.98 Å². The number of aliphatic imine (C=N–C) groups is 1. The average Bonchev–Trinajstić information content (AvgIpc) is 3.12. The van der Waals surface area contributed by atoms with Crippen molar-refractivity contribution < 1.29 is 9.15 Å². The van der Waals surface area contributed by atoms with E-state index in [-0.39, 0.29) is 24.8 Å². The third-order valence-electron chi connectivity index (χ3n) is 2.58. The van der Waals surface area contributed by atoms with Crippen LogP contribution in [-0.4, -0.2) is 30.7 Å². The summed E-state index contributed by atoms with van der Waals surface area (Å²) in [4.78, 5) is 8.53. The minimum Gasteiger partial charge on any atom is -0.458 e. The van der Waals surface area contributed by atoms with Gasteiger partial charge in [0.15, 0.2) is 16.9 Å². The van der Waals surface area contributed by atoms with E-state index in [0.717, 1.165) is 11.5 Å². The number of hydrogen-bond donors (Lipinski definition) is 3. The lowest BCUT2D eigenvalue weighted by molar-refractivity contribution is 0.156. The number of hydrogen-bond acceptors (Lipinski definition) is 6.